The summed E-state index contributed by atoms with van der Waals surface area (Å²) in [6, 6.07) is 4.09. The van der Waals surface area contributed by atoms with Gasteiger partial charge in [-0.05, 0) is 24.3 Å². The summed E-state index contributed by atoms with van der Waals surface area (Å²) in [4.78, 5) is 5.37. The lowest BCUT2D eigenvalue weighted by molar-refractivity contribution is 0.599. The monoisotopic (exact) mass is 417 g/mol. The average molecular weight is 417 g/mol. The van der Waals surface area contributed by atoms with E-state index in [1.807, 2.05) is 11.4 Å². The third kappa shape index (κ3) is 10.1. The second-order valence-corrected chi connectivity index (χ2v) is 7.30. The Bertz CT molecular complexity index is 472. The predicted octanol–water partition coefficient (Wildman–Crippen LogP) is 1.25. The van der Waals surface area contributed by atoms with Crippen LogP contribution < -0.4 is 11.1 Å². The molecule has 1 aromatic heterocycles. The van der Waals surface area contributed by atoms with Gasteiger partial charge in [-0.2, -0.15) is 0 Å². The number of guanidine groups is 1. The first-order valence-electron chi connectivity index (χ1n) is 5.71. The highest BCUT2D eigenvalue weighted by Gasteiger charge is 2.00. The van der Waals surface area contributed by atoms with Crippen molar-refractivity contribution in [2.24, 2.45) is 10.7 Å². The Morgan fingerprint density at radius 1 is 1.53 bits per heavy atom. The van der Waals surface area contributed by atoms with Gasteiger partial charge in [-0.25, -0.2) is 8.42 Å². The summed E-state index contributed by atoms with van der Waals surface area (Å²) in [6.07, 6.45) is 2.64. The van der Waals surface area contributed by atoms with Gasteiger partial charge in [0.2, 0.25) is 0 Å². The molecule has 110 valence electrons. The minimum atomic E-state index is -2.90. The second kappa shape index (κ2) is 9.54. The van der Waals surface area contributed by atoms with Crippen LogP contribution in [0.15, 0.2) is 22.5 Å². The fourth-order valence-corrected chi connectivity index (χ4v) is 2.71. The van der Waals surface area contributed by atoms with Crippen molar-refractivity contribution in [3.63, 3.8) is 0 Å². The van der Waals surface area contributed by atoms with E-state index in [1.54, 1.807) is 11.3 Å². The van der Waals surface area contributed by atoms with Crippen molar-refractivity contribution in [1.82, 2.24) is 5.32 Å². The number of aliphatic imine (C=N–C) groups is 1. The Labute approximate surface area is 135 Å². The van der Waals surface area contributed by atoms with Crippen LogP contribution in [0.25, 0.3) is 0 Å². The van der Waals surface area contributed by atoms with Crippen LogP contribution in [-0.2, 0) is 16.3 Å². The smallest absolute Gasteiger partial charge is 0.188 e. The molecule has 0 fully saturated rings. The molecule has 0 amide bonds. The Kier molecular flexibility index (Phi) is 9.36. The quantitative estimate of drug-likeness (QED) is 0.303. The topological polar surface area (TPSA) is 84.5 Å². The highest BCUT2D eigenvalue weighted by Crippen LogP contribution is 2.07. The van der Waals surface area contributed by atoms with E-state index < -0.39 is 9.84 Å². The van der Waals surface area contributed by atoms with Gasteiger partial charge in [0.15, 0.2) is 5.96 Å². The van der Waals surface area contributed by atoms with Crippen LogP contribution in [0.5, 0.6) is 0 Å². The summed E-state index contributed by atoms with van der Waals surface area (Å²) >= 11 is 1.71. The normalized spacial score (nSPS) is 11.9. The molecule has 1 rings (SSSR count). The first kappa shape index (κ1) is 18.7. The van der Waals surface area contributed by atoms with Crippen LogP contribution >= 0.6 is 35.3 Å². The molecule has 0 unspecified atom stereocenters. The van der Waals surface area contributed by atoms with Crippen molar-refractivity contribution in [3.05, 3.63) is 22.4 Å². The number of nitrogens with two attached hydrogens (primary N) is 1. The fraction of sp³-hybridized carbons (Fsp3) is 0.545. The molecule has 0 bridgehead atoms. The molecule has 1 aromatic rings. The van der Waals surface area contributed by atoms with E-state index in [2.05, 4.69) is 16.4 Å². The molecule has 0 aliphatic heterocycles. The maximum atomic E-state index is 10.9. The zero-order chi connectivity index (χ0) is 13.4. The molecule has 0 saturated heterocycles. The maximum Gasteiger partial charge on any atom is 0.188 e. The lowest BCUT2D eigenvalue weighted by Crippen LogP contribution is -2.33. The molecule has 0 saturated carbocycles. The highest BCUT2D eigenvalue weighted by molar-refractivity contribution is 14.0. The van der Waals surface area contributed by atoms with E-state index in [9.17, 15) is 8.42 Å². The molecule has 1 heterocycles. The third-order valence-corrected chi connectivity index (χ3v) is 4.18. The summed E-state index contributed by atoms with van der Waals surface area (Å²) in [6.45, 7) is 1.17. The minimum absolute atomic E-state index is 0. The summed E-state index contributed by atoms with van der Waals surface area (Å²) in [5, 5.41) is 5.04. The Morgan fingerprint density at radius 3 is 2.84 bits per heavy atom. The van der Waals surface area contributed by atoms with E-state index in [0.717, 1.165) is 13.0 Å². The molecular formula is C11H20IN3O2S2. The standard InChI is InChI=1S/C11H19N3O2S2.HI/c1-18(15,16)9-3-6-13-11(12)14-7-5-10-4-2-8-17-10;/h2,4,8H,3,5-7,9H2,1H3,(H3,12,13,14);1H. The SMILES string of the molecule is CS(=O)(=O)CCCN=C(N)NCCc1cccs1.I. The summed E-state index contributed by atoms with van der Waals surface area (Å²) in [7, 11) is -2.90. The molecule has 3 N–H and O–H groups in total. The van der Waals surface area contributed by atoms with Crippen LogP contribution in [-0.4, -0.2) is 39.5 Å². The fourth-order valence-electron chi connectivity index (χ4n) is 1.35. The Morgan fingerprint density at radius 2 is 2.26 bits per heavy atom. The summed E-state index contributed by atoms with van der Waals surface area (Å²) in [5.41, 5.74) is 5.66. The third-order valence-electron chi connectivity index (χ3n) is 2.21. The Balaban J connectivity index is 0.00000324. The van der Waals surface area contributed by atoms with Crippen LogP contribution in [0.3, 0.4) is 0 Å². The molecule has 0 aliphatic rings. The maximum absolute atomic E-state index is 10.9. The lowest BCUT2D eigenvalue weighted by atomic mass is 10.3. The zero-order valence-corrected chi connectivity index (χ0v) is 14.8. The van der Waals surface area contributed by atoms with Gasteiger partial charge in [-0.1, -0.05) is 6.07 Å². The van der Waals surface area contributed by atoms with Gasteiger partial charge in [0, 0.05) is 24.2 Å². The van der Waals surface area contributed by atoms with E-state index in [1.165, 1.54) is 11.1 Å². The molecule has 0 spiro atoms. The lowest BCUT2D eigenvalue weighted by Gasteiger charge is -2.04. The van der Waals surface area contributed by atoms with E-state index in [-0.39, 0.29) is 29.7 Å². The Hall–Kier alpha value is -0.350. The van der Waals surface area contributed by atoms with Crippen LogP contribution in [0.2, 0.25) is 0 Å². The number of rotatable bonds is 7. The number of sulfone groups is 1. The number of nitrogens with one attached hydrogen (secondary N) is 1. The zero-order valence-electron chi connectivity index (χ0n) is 10.8. The van der Waals surface area contributed by atoms with Crippen molar-refractivity contribution >= 4 is 51.1 Å². The van der Waals surface area contributed by atoms with Crippen LogP contribution in [0, 0.1) is 0 Å². The van der Waals surface area contributed by atoms with Crippen molar-refractivity contribution in [2.45, 2.75) is 12.8 Å². The average Bonchev–Trinajstić information content (AvgIpc) is 2.76. The van der Waals surface area contributed by atoms with Gasteiger partial charge in [0.25, 0.3) is 0 Å². The van der Waals surface area contributed by atoms with Gasteiger partial charge < -0.3 is 11.1 Å². The van der Waals surface area contributed by atoms with Gasteiger partial charge in [0.1, 0.15) is 9.84 Å². The molecule has 8 heteroatoms. The number of thiophene rings is 1. The summed E-state index contributed by atoms with van der Waals surface area (Å²) in [5.74, 6) is 0.527. The van der Waals surface area contributed by atoms with Crippen molar-refractivity contribution in [3.8, 4) is 0 Å². The molecule has 19 heavy (non-hydrogen) atoms. The van der Waals surface area contributed by atoms with Crippen LogP contribution in [0.4, 0.5) is 0 Å². The molecule has 0 atom stereocenters. The van der Waals surface area contributed by atoms with Gasteiger partial charge >= 0.3 is 0 Å². The highest BCUT2D eigenvalue weighted by atomic mass is 127. The largest absolute Gasteiger partial charge is 0.370 e. The van der Waals surface area contributed by atoms with Gasteiger partial charge in [0.05, 0.1) is 5.75 Å². The first-order chi connectivity index (χ1) is 8.47. The van der Waals surface area contributed by atoms with E-state index >= 15 is 0 Å². The van der Waals surface area contributed by atoms with E-state index in [4.69, 9.17) is 5.73 Å². The molecular weight excluding hydrogens is 397 g/mol. The second-order valence-electron chi connectivity index (χ2n) is 4.01. The van der Waals surface area contributed by atoms with E-state index in [0.29, 0.717) is 18.9 Å². The number of hydrogen-bond acceptors (Lipinski definition) is 4. The van der Waals surface area contributed by atoms with Crippen molar-refractivity contribution < 1.29 is 8.42 Å². The van der Waals surface area contributed by atoms with Crippen molar-refractivity contribution in [2.75, 3.05) is 25.1 Å². The summed E-state index contributed by atoms with van der Waals surface area (Å²) < 4.78 is 21.8. The molecule has 5 nitrogen and oxygen atoms in total. The first-order valence-corrected chi connectivity index (χ1v) is 8.65. The number of nitrogens with zero attached hydrogens (tertiary/aromatic N) is 1. The predicted molar refractivity (Wildman–Crippen MR) is 92.3 cm³/mol. The van der Waals surface area contributed by atoms with Crippen molar-refractivity contribution in [1.29, 1.82) is 0 Å². The number of hydrogen-bond donors (Lipinski definition) is 2. The minimum Gasteiger partial charge on any atom is -0.370 e. The van der Waals surface area contributed by atoms with Gasteiger partial charge in [-0.15, -0.1) is 35.3 Å². The molecule has 0 aromatic carbocycles. The molecule has 0 radical (unpaired) electrons. The molecule has 0 aliphatic carbocycles. The van der Waals surface area contributed by atoms with Crippen LogP contribution in [0.1, 0.15) is 11.3 Å². The number of halogens is 1. The van der Waals surface area contributed by atoms with Gasteiger partial charge in [-0.3, -0.25) is 4.99 Å².